The zero-order valence-electron chi connectivity index (χ0n) is 14.8. The van der Waals surface area contributed by atoms with Gasteiger partial charge in [-0.25, -0.2) is 13.1 Å². The van der Waals surface area contributed by atoms with Crippen molar-refractivity contribution in [3.8, 4) is 0 Å². The Morgan fingerprint density at radius 2 is 1.85 bits per heavy atom. The van der Waals surface area contributed by atoms with E-state index in [4.69, 9.17) is 16.8 Å². The van der Waals surface area contributed by atoms with E-state index in [0.29, 0.717) is 17.3 Å². The number of para-hydroxylation sites is 1. The van der Waals surface area contributed by atoms with E-state index >= 15 is 0 Å². The van der Waals surface area contributed by atoms with Crippen LogP contribution in [0, 0.1) is 5.21 Å². The minimum atomic E-state index is -3.94. The van der Waals surface area contributed by atoms with E-state index in [1.165, 1.54) is 12.1 Å². The second-order valence-corrected chi connectivity index (χ2v) is 7.85. The first-order chi connectivity index (χ1) is 12.8. The lowest BCUT2D eigenvalue weighted by atomic mass is 10.2. The minimum absolute atomic E-state index is 0.176. The Labute approximate surface area is 163 Å². The molecule has 4 N–H and O–H groups in total. The summed E-state index contributed by atoms with van der Waals surface area (Å²) >= 11 is 6.12. The van der Waals surface area contributed by atoms with E-state index in [9.17, 15) is 13.6 Å². The highest BCUT2D eigenvalue weighted by molar-refractivity contribution is 7.89. The molecule has 0 radical (unpaired) electrons. The molecule has 10 heteroatoms. The maximum absolute atomic E-state index is 12.7. The van der Waals surface area contributed by atoms with E-state index in [1.807, 2.05) is 6.92 Å². The summed E-state index contributed by atoms with van der Waals surface area (Å²) < 4.78 is 27.9. The van der Waals surface area contributed by atoms with Gasteiger partial charge in [-0.3, -0.25) is 5.21 Å². The lowest BCUT2D eigenvalue weighted by molar-refractivity contribution is 0.296. The van der Waals surface area contributed by atoms with Gasteiger partial charge >= 0.3 is 0 Å². The highest BCUT2D eigenvalue weighted by atomic mass is 35.5. The Bertz CT molecular complexity index is 862. The number of nitrogens with one attached hydrogen (secondary N) is 3. The fraction of sp³-hybridized carbons (Fsp3) is 0.294. The quantitative estimate of drug-likeness (QED) is 0.349. The normalized spacial score (nSPS) is 11.4. The van der Waals surface area contributed by atoms with Gasteiger partial charge in [0.15, 0.2) is 0 Å². The molecular formula is C17H22ClN4O4S-. The van der Waals surface area contributed by atoms with Gasteiger partial charge < -0.3 is 21.1 Å². The lowest BCUT2D eigenvalue weighted by Crippen LogP contribution is -2.32. The Kier molecular flexibility index (Phi) is 7.84. The van der Waals surface area contributed by atoms with Crippen LogP contribution in [0.2, 0.25) is 5.02 Å². The number of rotatable bonds is 10. The molecule has 148 valence electrons. The molecule has 0 saturated heterocycles. The van der Waals surface area contributed by atoms with Crippen LogP contribution in [0.15, 0.2) is 47.4 Å². The topological polar surface area (TPSA) is 117 Å². The van der Waals surface area contributed by atoms with Gasteiger partial charge in [-0.15, -0.1) is 0 Å². The smallest absolute Gasteiger partial charge is 0.242 e. The van der Waals surface area contributed by atoms with Crippen molar-refractivity contribution in [1.29, 1.82) is 0 Å². The molecule has 0 aliphatic heterocycles. The molecule has 0 aromatic heterocycles. The summed E-state index contributed by atoms with van der Waals surface area (Å²) in [6.07, 6.45) is 0.941. The van der Waals surface area contributed by atoms with Crippen molar-refractivity contribution in [3.05, 3.63) is 52.7 Å². The Hall–Kier alpha value is -1.88. The summed E-state index contributed by atoms with van der Waals surface area (Å²) in [6, 6.07) is 10.6. The average Bonchev–Trinajstić information content (AvgIpc) is 2.63. The number of benzene rings is 2. The van der Waals surface area contributed by atoms with Gasteiger partial charge in [-0.1, -0.05) is 30.7 Å². The molecule has 0 saturated carbocycles. The van der Waals surface area contributed by atoms with Crippen LogP contribution in [-0.2, 0) is 10.0 Å². The third kappa shape index (κ3) is 6.06. The minimum Gasteiger partial charge on any atom is -0.733 e. The van der Waals surface area contributed by atoms with Crippen molar-refractivity contribution < 1.29 is 13.6 Å². The fourth-order valence-electron chi connectivity index (χ4n) is 2.32. The zero-order valence-corrected chi connectivity index (χ0v) is 16.3. The molecule has 2 aromatic carbocycles. The number of halogens is 1. The Morgan fingerprint density at radius 1 is 1.11 bits per heavy atom. The van der Waals surface area contributed by atoms with Crippen LogP contribution in [0.1, 0.15) is 13.3 Å². The van der Waals surface area contributed by atoms with E-state index in [0.717, 1.165) is 19.0 Å². The molecule has 0 bridgehead atoms. The number of hydrogen-bond donors (Lipinski definition) is 4. The Morgan fingerprint density at radius 3 is 2.52 bits per heavy atom. The first-order valence-electron chi connectivity index (χ1n) is 8.37. The summed E-state index contributed by atoms with van der Waals surface area (Å²) in [5.74, 6) is 0. The van der Waals surface area contributed by atoms with Crippen LogP contribution in [-0.4, -0.2) is 33.3 Å². The highest BCUT2D eigenvalue weighted by Gasteiger charge is 2.20. The number of nitrogens with zero attached hydrogens (tertiary/aromatic N) is 1. The van der Waals surface area contributed by atoms with Gasteiger partial charge in [-0.05, 0) is 43.3 Å². The third-order valence-corrected chi connectivity index (χ3v) is 5.47. The first-order valence-corrected chi connectivity index (χ1v) is 10.2. The molecule has 0 spiro atoms. The highest BCUT2D eigenvalue weighted by Crippen LogP contribution is 2.31. The maximum atomic E-state index is 12.7. The molecule has 0 atom stereocenters. The molecule has 0 unspecified atom stereocenters. The molecule has 2 aromatic rings. The summed E-state index contributed by atoms with van der Waals surface area (Å²) in [5, 5.41) is 26.4. The van der Waals surface area contributed by atoms with E-state index in [1.54, 1.807) is 24.3 Å². The van der Waals surface area contributed by atoms with Crippen molar-refractivity contribution in [2.45, 2.75) is 18.2 Å². The molecule has 8 nitrogen and oxygen atoms in total. The standard InChI is InChI=1S/C17H22ClN4O4S/c1-2-9-19-10-11-20-27(25,26)17-12-13(22(23)24)7-8-16(17)21-15-6-4-3-5-14(15)18/h3-8,12,19-21,23H,2,9-11H2,1H3/q-1. The van der Waals surface area contributed by atoms with Crippen molar-refractivity contribution in [1.82, 2.24) is 10.0 Å². The molecule has 0 fully saturated rings. The Balaban J connectivity index is 2.30. The second-order valence-electron chi connectivity index (χ2n) is 5.71. The van der Waals surface area contributed by atoms with Gasteiger partial charge in [0.1, 0.15) is 4.90 Å². The first kappa shape index (κ1) is 21.4. The molecule has 0 aliphatic carbocycles. The molecule has 0 aliphatic rings. The third-order valence-electron chi connectivity index (χ3n) is 3.64. The molecular weight excluding hydrogens is 392 g/mol. The van der Waals surface area contributed by atoms with Crippen molar-refractivity contribution >= 4 is 38.7 Å². The monoisotopic (exact) mass is 413 g/mol. The summed E-state index contributed by atoms with van der Waals surface area (Å²) in [4.78, 5) is -0.176. The second kappa shape index (κ2) is 9.88. The summed E-state index contributed by atoms with van der Waals surface area (Å²) in [6.45, 7) is 3.44. The number of anilines is 3. The van der Waals surface area contributed by atoms with Gasteiger partial charge in [0.2, 0.25) is 10.0 Å². The van der Waals surface area contributed by atoms with Crippen molar-refractivity contribution in [2.24, 2.45) is 0 Å². The SMILES string of the molecule is CCCNCCNS(=O)(=O)c1cc(N([O-])O)ccc1Nc1ccccc1Cl. The van der Waals surface area contributed by atoms with E-state index in [-0.39, 0.29) is 28.0 Å². The van der Waals surface area contributed by atoms with Crippen LogP contribution in [0.25, 0.3) is 0 Å². The van der Waals surface area contributed by atoms with Crippen LogP contribution in [0.5, 0.6) is 0 Å². The summed E-state index contributed by atoms with van der Waals surface area (Å²) in [5.41, 5.74) is 0.530. The molecule has 0 heterocycles. The van der Waals surface area contributed by atoms with Crippen LogP contribution < -0.4 is 20.6 Å². The maximum Gasteiger partial charge on any atom is 0.242 e. The predicted octanol–water partition coefficient (Wildman–Crippen LogP) is 3.05. The van der Waals surface area contributed by atoms with Crippen LogP contribution >= 0.6 is 11.6 Å². The molecule has 2 rings (SSSR count). The fourth-order valence-corrected chi connectivity index (χ4v) is 3.71. The molecule has 0 amide bonds. The lowest BCUT2D eigenvalue weighted by Gasteiger charge is -2.23. The van der Waals surface area contributed by atoms with E-state index in [2.05, 4.69) is 15.4 Å². The van der Waals surface area contributed by atoms with Crippen molar-refractivity contribution in [3.63, 3.8) is 0 Å². The van der Waals surface area contributed by atoms with Crippen LogP contribution in [0.4, 0.5) is 17.1 Å². The predicted molar refractivity (Wildman–Crippen MR) is 107 cm³/mol. The van der Waals surface area contributed by atoms with Gasteiger partial charge in [0.25, 0.3) is 0 Å². The van der Waals surface area contributed by atoms with Gasteiger partial charge in [0, 0.05) is 13.1 Å². The van der Waals surface area contributed by atoms with Crippen molar-refractivity contribution in [2.75, 3.05) is 30.2 Å². The van der Waals surface area contributed by atoms with Crippen LogP contribution in [0.3, 0.4) is 0 Å². The van der Waals surface area contributed by atoms with Gasteiger partial charge in [0.05, 0.1) is 22.1 Å². The molecule has 27 heavy (non-hydrogen) atoms. The number of sulfonamides is 1. The van der Waals surface area contributed by atoms with Gasteiger partial charge in [-0.2, -0.15) is 0 Å². The largest absolute Gasteiger partial charge is 0.733 e. The number of hydrogen-bond acceptors (Lipinski definition) is 7. The average molecular weight is 414 g/mol. The summed E-state index contributed by atoms with van der Waals surface area (Å²) in [7, 11) is -3.94. The zero-order chi connectivity index (χ0) is 19.9. The van der Waals surface area contributed by atoms with E-state index < -0.39 is 10.0 Å².